The molecule has 0 aliphatic rings. The van der Waals surface area contributed by atoms with E-state index in [9.17, 15) is 4.79 Å². The van der Waals surface area contributed by atoms with Crippen LogP contribution in [0.3, 0.4) is 0 Å². The summed E-state index contributed by atoms with van der Waals surface area (Å²) in [6.45, 7) is 6.56. The number of carbonyl (C=O) groups is 1. The van der Waals surface area contributed by atoms with Crippen LogP contribution in [0.4, 0.5) is 0 Å². The molecule has 0 unspecified atom stereocenters. The molecule has 1 N–H and O–H groups in total. The van der Waals surface area contributed by atoms with Crippen LogP contribution in [0.5, 0.6) is 0 Å². The van der Waals surface area contributed by atoms with Gasteiger partial charge in [-0.2, -0.15) is 0 Å². The van der Waals surface area contributed by atoms with Crippen molar-refractivity contribution in [3.8, 4) is 0 Å². The summed E-state index contributed by atoms with van der Waals surface area (Å²) in [5.41, 5.74) is 2.50. The van der Waals surface area contributed by atoms with E-state index in [1.807, 2.05) is 45.0 Å². The number of hydrogen-bond acceptors (Lipinski definition) is 3. The lowest BCUT2D eigenvalue weighted by Crippen LogP contribution is -2.27. The maximum absolute atomic E-state index is 11.7. The van der Waals surface area contributed by atoms with Crippen LogP contribution in [0.15, 0.2) is 30.5 Å². The number of benzene rings is 1. The number of rotatable bonds is 3. The van der Waals surface area contributed by atoms with Crippen LogP contribution >= 0.6 is 0 Å². The fraction of sp³-hybridized carbons (Fsp3) is 0.400. The first-order valence-corrected chi connectivity index (χ1v) is 6.41. The van der Waals surface area contributed by atoms with E-state index >= 15 is 0 Å². The van der Waals surface area contributed by atoms with Gasteiger partial charge in [-0.1, -0.05) is 32.9 Å². The molecule has 100 valence electrons. The summed E-state index contributed by atoms with van der Waals surface area (Å²) < 4.78 is 0. The summed E-state index contributed by atoms with van der Waals surface area (Å²) in [4.78, 5) is 20.5. The van der Waals surface area contributed by atoms with E-state index in [1.54, 1.807) is 6.20 Å². The van der Waals surface area contributed by atoms with Gasteiger partial charge in [-0.05, 0) is 17.5 Å². The van der Waals surface area contributed by atoms with Gasteiger partial charge in [-0.15, -0.1) is 0 Å². The number of hydrogen-bond donors (Lipinski definition) is 1. The molecule has 4 nitrogen and oxygen atoms in total. The Balaban J connectivity index is 2.00. The van der Waals surface area contributed by atoms with Gasteiger partial charge in [-0.3, -0.25) is 9.78 Å². The third-order valence-corrected chi connectivity index (χ3v) is 2.66. The molecule has 1 aromatic carbocycles. The highest BCUT2D eigenvalue weighted by molar-refractivity contribution is 5.76. The van der Waals surface area contributed by atoms with Gasteiger partial charge in [0.25, 0.3) is 0 Å². The molecule has 0 saturated carbocycles. The average Bonchev–Trinajstić information content (AvgIpc) is 2.34. The Labute approximate surface area is 113 Å². The molecule has 4 heteroatoms. The second kappa shape index (κ2) is 5.34. The Bertz CT molecular complexity index is 587. The summed E-state index contributed by atoms with van der Waals surface area (Å²) in [6, 6.07) is 7.70. The van der Waals surface area contributed by atoms with Gasteiger partial charge in [0.2, 0.25) is 5.91 Å². The van der Waals surface area contributed by atoms with Gasteiger partial charge in [0.1, 0.15) is 0 Å². The van der Waals surface area contributed by atoms with Gasteiger partial charge in [0, 0.05) is 6.42 Å². The number of nitrogens with one attached hydrogen (secondary N) is 1. The van der Waals surface area contributed by atoms with Crippen molar-refractivity contribution in [2.75, 3.05) is 0 Å². The molecule has 19 heavy (non-hydrogen) atoms. The van der Waals surface area contributed by atoms with Crippen molar-refractivity contribution in [3.05, 3.63) is 36.2 Å². The maximum atomic E-state index is 11.7. The third kappa shape index (κ3) is 4.02. The number of para-hydroxylation sites is 2. The molecule has 2 rings (SSSR count). The predicted molar refractivity (Wildman–Crippen MR) is 75.5 cm³/mol. The van der Waals surface area contributed by atoms with Gasteiger partial charge in [-0.25, -0.2) is 4.98 Å². The minimum absolute atomic E-state index is 0.000847. The molecule has 1 aromatic heterocycles. The topological polar surface area (TPSA) is 54.9 Å². The van der Waals surface area contributed by atoms with E-state index in [-0.39, 0.29) is 11.3 Å². The molecule has 0 saturated heterocycles. The Morgan fingerprint density at radius 3 is 2.58 bits per heavy atom. The van der Waals surface area contributed by atoms with Crippen molar-refractivity contribution in [3.63, 3.8) is 0 Å². The van der Waals surface area contributed by atoms with E-state index < -0.39 is 0 Å². The summed E-state index contributed by atoms with van der Waals surface area (Å²) in [5.74, 6) is 0.0439. The lowest BCUT2D eigenvalue weighted by molar-refractivity contribution is -0.122. The molecule has 0 aliphatic carbocycles. The molecular formula is C15H19N3O. The number of fused-ring (bicyclic) bond motifs is 1. The molecule has 0 radical (unpaired) electrons. The van der Waals surface area contributed by atoms with Crippen LogP contribution in [0, 0.1) is 5.41 Å². The molecule has 0 spiro atoms. The maximum Gasteiger partial charge on any atom is 0.220 e. The molecule has 2 aromatic rings. The molecule has 0 fully saturated rings. The summed E-state index contributed by atoms with van der Waals surface area (Å²) >= 11 is 0. The highest BCUT2D eigenvalue weighted by Crippen LogP contribution is 2.17. The van der Waals surface area contributed by atoms with Crippen molar-refractivity contribution >= 4 is 16.9 Å². The smallest absolute Gasteiger partial charge is 0.220 e. The highest BCUT2D eigenvalue weighted by atomic mass is 16.1. The van der Waals surface area contributed by atoms with Crippen molar-refractivity contribution in [2.45, 2.75) is 33.7 Å². The Kier molecular flexibility index (Phi) is 3.79. The SMILES string of the molecule is CC(C)(C)CC(=O)NCc1cnc2ccccc2n1. The number of aromatic nitrogens is 2. The van der Waals surface area contributed by atoms with E-state index in [4.69, 9.17) is 0 Å². The fourth-order valence-electron chi connectivity index (χ4n) is 1.81. The Hall–Kier alpha value is -1.97. The Morgan fingerprint density at radius 2 is 1.89 bits per heavy atom. The summed E-state index contributed by atoms with van der Waals surface area (Å²) in [6.07, 6.45) is 2.22. The normalized spacial score (nSPS) is 11.5. The van der Waals surface area contributed by atoms with Crippen LogP contribution in [-0.2, 0) is 11.3 Å². The average molecular weight is 257 g/mol. The van der Waals surface area contributed by atoms with E-state index in [0.717, 1.165) is 16.7 Å². The predicted octanol–water partition coefficient (Wildman–Crippen LogP) is 2.68. The number of nitrogens with zero attached hydrogens (tertiary/aromatic N) is 2. The van der Waals surface area contributed by atoms with Crippen LogP contribution in [-0.4, -0.2) is 15.9 Å². The van der Waals surface area contributed by atoms with E-state index in [1.165, 1.54) is 0 Å². The van der Waals surface area contributed by atoms with E-state index in [2.05, 4.69) is 15.3 Å². The third-order valence-electron chi connectivity index (χ3n) is 2.66. The van der Waals surface area contributed by atoms with Crippen molar-refractivity contribution < 1.29 is 4.79 Å². The second-order valence-electron chi connectivity index (χ2n) is 5.86. The van der Waals surface area contributed by atoms with Crippen LogP contribution < -0.4 is 5.32 Å². The van der Waals surface area contributed by atoms with Gasteiger partial charge < -0.3 is 5.32 Å². The van der Waals surface area contributed by atoms with Gasteiger partial charge in [0.05, 0.1) is 29.5 Å². The number of amides is 1. The minimum Gasteiger partial charge on any atom is -0.350 e. The monoisotopic (exact) mass is 257 g/mol. The Morgan fingerprint density at radius 1 is 1.21 bits per heavy atom. The summed E-state index contributed by atoms with van der Waals surface area (Å²) in [7, 11) is 0. The molecule has 1 amide bonds. The lowest BCUT2D eigenvalue weighted by Gasteiger charge is -2.17. The minimum atomic E-state index is -0.000847. The zero-order chi connectivity index (χ0) is 13.9. The van der Waals surface area contributed by atoms with Crippen molar-refractivity contribution in [1.82, 2.24) is 15.3 Å². The quantitative estimate of drug-likeness (QED) is 0.919. The zero-order valence-corrected chi connectivity index (χ0v) is 11.6. The highest BCUT2D eigenvalue weighted by Gasteiger charge is 2.15. The zero-order valence-electron chi connectivity index (χ0n) is 11.6. The van der Waals surface area contributed by atoms with Gasteiger partial charge >= 0.3 is 0 Å². The van der Waals surface area contributed by atoms with Crippen LogP contribution in [0.25, 0.3) is 11.0 Å². The fourth-order valence-corrected chi connectivity index (χ4v) is 1.81. The largest absolute Gasteiger partial charge is 0.350 e. The first-order chi connectivity index (χ1) is 8.94. The first kappa shape index (κ1) is 13.5. The first-order valence-electron chi connectivity index (χ1n) is 6.41. The van der Waals surface area contributed by atoms with Gasteiger partial charge in [0.15, 0.2) is 0 Å². The molecule has 0 aliphatic heterocycles. The molecule has 1 heterocycles. The van der Waals surface area contributed by atoms with E-state index in [0.29, 0.717) is 13.0 Å². The second-order valence-corrected chi connectivity index (χ2v) is 5.86. The number of carbonyl (C=O) groups excluding carboxylic acids is 1. The summed E-state index contributed by atoms with van der Waals surface area (Å²) in [5, 5.41) is 2.88. The lowest BCUT2D eigenvalue weighted by atomic mass is 9.92. The molecular weight excluding hydrogens is 238 g/mol. The van der Waals surface area contributed by atoms with Crippen molar-refractivity contribution in [2.24, 2.45) is 5.41 Å². The molecule has 0 bridgehead atoms. The van der Waals surface area contributed by atoms with Crippen LogP contribution in [0.2, 0.25) is 0 Å². The standard InChI is InChI=1S/C15H19N3O/c1-15(2,3)8-14(19)17-10-11-9-16-12-6-4-5-7-13(12)18-11/h4-7,9H,8,10H2,1-3H3,(H,17,19). The van der Waals surface area contributed by atoms with Crippen LogP contribution in [0.1, 0.15) is 32.9 Å². The molecule has 0 atom stereocenters. The van der Waals surface area contributed by atoms with Crippen molar-refractivity contribution in [1.29, 1.82) is 0 Å².